The van der Waals surface area contributed by atoms with Gasteiger partial charge >= 0.3 is 0 Å². The summed E-state index contributed by atoms with van der Waals surface area (Å²) in [7, 11) is 0. The van der Waals surface area contributed by atoms with Crippen molar-refractivity contribution in [3.63, 3.8) is 0 Å². The molecular weight excluding hydrogens is 394 g/mol. The van der Waals surface area contributed by atoms with Gasteiger partial charge in [-0.25, -0.2) is 4.98 Å². The van der Waals surface area contributed by atoms with Crippen LogP contribution in [0.25, 0.3) is 11.0 Å². The van der Waals surface area contributed by atoms with Crippen LogP contribution in [0.15, 0.2) is 66.7 Å². The van der Waals surface area contributed by atoms with Crippen LogP contribution < -0.4 is 5.32 Å². The molecule has 3 aromatic carbocycles. The summed E-state index contributed by atoms with van der Waals surface area (Å²) in [5.41, 5.74) is 7.60. The fraction of sp³-hybridized carbons (Fsp3) is 0.286. The fourth-order valence-electron chi connectivity index (χ4n) is 4.13. The average Bonchev–Trinajstić information content (AvgIpc) is 3.11. The number of carbonyl (C=O) groups excluding carboxylic acids is 1. The van der Waals surface area contributed by atoms with Gasteiger partial charge in [-0.05, 0) is 54.7 Å². The minimum Gasteiger partial charge on any atom is -0.352 e. The summed E-state index contributed by atoms with van der Waals surface area (Å²) in [6.07, 6.45) is 0.676. The van der Waals surface area contributed by atoms with Crippen LogP contribution in [0.1, 0.15) is 58.2 Å². The van der Waals surface area contributed by atoms with Gasteiger partial charge in [0.05, 0.1) is 11.0 Å². The minimum absolute atomic E-state index is 0.0329. The summed E-state index contributed by atoms with van der Waals surface area (Å²) in [6.45, 7) is 9.74. The van der Waals surface area contributed by atoms with Crippen molar-refractivity contribution in [2.45, 2.75) is 46.6 Å². The number of aryl methyl sites for hydroxylation is 2. The molecule has 1 heterocycles. The molecule has 0 spiro atoms. The minimum atomic E-state index is -0.0329. The number of amides is 1. The summed E-state index contributed by atoms with van der Waals surface area (Å²) in [5, 5.41) is 3.07. The highest BCUT2D eigenvalue weighted by molar-refractivity contribution is 5.95. The highest BCUT2D eigenvalue weighted by atomic mass is 16.1. The van der Waals surface area contributed by atoms with E-state index in [1.54, 1.807) is 0 Å². The molecular formula is C28H31N3O. The number of hydrogen-bond acceptors (Lipinski definition) is 2. The van der Waals surface area contributed by atoms with E-state index < -0.39 is 0 Å². The van der Waals surface area contributed by atoms with E-state index in [2.05, 4.69) is 54.1 Å². The third-order valence-corrected chi connectivity index (χ3v) is 5.98. The predicted molar refractivity (Wildman–Crippen MR) is 131 cm³/mol. The van der Waals surface area contributed by atoms with E-state index in [9.17, 15) is 4.79 Å². The van der Waals surface area contributed by atoms with Crippen LogP contribution in [0.3, 0.4) is 0 Å². The number of nitrogens with zero attached hydrogens (tertiary/aromatic N) is 2. The Balaban J connectivity index is 1.51. The Morgan fingerprint density at radius 2 is 1.75 bits per heavy atom. The number of rotatable bonds is 7. The van der Waals surface area contributed by atoms with Gasteiger partial charge in [0.1, 0.15) is 5.82 Å². The average molecular weight is 426 g/mol. The monoisotopic (exact) mass is 425 g/mol. The van der Waals surface area contributed by atoms with Crippen LogP contribution in [0.2, 0.25) is 0 Å². The van der Waals surface area contributed by atoms with Gasteiger partial charge in [0.25, 0.3) is 5.91 Å². The van der Waals surface area contributed by atoms with Gasteiger partial charge in [0.15, 0.2) is 0 Å². The molecule has 0 bridgehead atoms. The van der Waals surface area contributed by atoms with Crippen molar-refractivity contribution in [2.24, 2.45) is 0 Å². The fourth-order valence-corrected chi connectivity index (χ4v) is 4.13. The maximum atomic E-state index is 12.7. The van der Waals surface area contributed by atoms with Gasteiger partial charge in [-0.15, -0.1) is 0 Å². The first-order chi connectivity index (χ1) is 15.4. The maximum absolute atomic E-state index is 12.7. The topological polar surface area (TPSA) is 46.9 Å². The number of imidazole rings is 1. The van der Waals surface area contributed by atoms with E-state index in [0.717, 1.165) is 40.1 Å². The van der Waals surface area contributed by atoms with Crippen molar-refractivity contribution in [1.29, 1.82) is 0 Å². The SMILES string of the molecule is Cc1ccc(C(=O)NCCc2nc3ccccc3n2Cc2ccc(C(C)C)cc2)c(C)c1. The summed E-state index contributed by atoms with van der Waals surface area (Å²) in [4.78, 5) is 17.5. The van der Waals surface area contributed by atoms with Crippen molar-refractivity contribution in [3.05, 3.63) is 100 Å². The quantitative estimate of drug-likeness (QED) is 0.407. The molecule has 1 amide bonds. The van der Waals surface area contributed by atoms with Gasteiger partial charge in [-0.2, -0.15) is 0 Å². The smallest absolute Gasteiger partial charge is 0.251 e. The van der Waals surface area contributed by atoms with Crippen LogP contribution in [-0.2, 0) is 13.0 Å². The molecule has 0 radical (unpaired) electrons. The van der Waals surface area contributed by atoms with E-state index in [-0.39, 0.29) is 5.91 Å². The van der Waals surface area contributed by atoms with Crippen molar-refractivity contribution >= 4 is 16.9 Å². The third-order valence-electron chi connectivity index (χ3n) is 5.98. The molecule has 4 aromatic rings. The molecule has 0 aliphatic heterocycles. The van der Waals surface area contributed by atoms with Gasteiger partial charge in [-0.3, -0.25) is 4.79 Å². The van der Waals surface area contributed by atoms with Crippen LogP contribution in [0.5, 0.6) is 0 Å². The Labute approximate surface area is 190 Å². The molecule has 0 saturated heterocycles. The van der Waals surface area contributed by atoms with Crippen molar-refractivity contribution in [2.75, 3.05) is 6.54 Å². The molecule has 0 aliphatic rings. The first kappa shape index (κ1) is 21.8. The van der Waals surface area contributed by atoms with E-state index in [1.165, 1.54) is 11.1 Å². The van der Waals surface area contributed by atoms with Crippen LogP contribution in [0, 0.1) is 13.8 Å². The third kappa shape index (κ3) is 4.75. The number of fused-ring (bicyclic) bond motifs is 1. The summed E-state index contributed by atoms with van der Waals surface area (Å²) >= 11 is 0. The molecule has 0 fully saturated rings. The Morgan fingerprint density at radius 1 is 1.00 bits per heavy atom. The number of benzene rings is 3. The molecule has 1 N–H and O–H groups in total. The first-order valence-corrected chi connectivity index (χ1v) is 11.3. The van der Waals surface area contributed by atoms with Crippen LogP contribution in [-0.4, -0.2) is 22.0 Å². The van der Waals surface area contributed by atoms with Crippen molar-refractivity contribution in [3.8, 4) is 0 Å². The molecule has 1 aromatic heterocycles. The zero-order chi connectivity index (χ0) is 22.7. The second-order valence-electron chi connectivity index (χ2n) is 8.82. The molecule has 4 heteroatoms. The second-order valence-corrected chi connectivity index (χ2v) is 8.82. The highest BCUT2D eigenvalue weighted by Gasteiger charge is 2.13. The lowest BCUT2D eigenvalue weighted by molar-refractivity contribution is 0.0953. The number of aromatic nitrogens is 2. The second kappa shape index (κ2) is 9.39. The van der Waals surface area contributed by atoms with Gasteiger partial charge < -0.3 is 9.88 Å². The van der Waals surface area contributed by atoms with E-state index >= 15 is 0 Å². The molecule has 0 aliphatic carbocycles. The molecule has 32 heavy (non-hydrogen) atoms. The maximum Gasteiger partial charge on any atom is 0.251 e. The van der Waals surface area contributed by atoms with E-state index in [1.807, 2.05) is 50.2 Å². The predicted octanol–water partition coefficient (Wildman–Crippen LogP) is 5.80. The molecule has 4 nitrogen and oxygen atoms in total. The number of nitrogens with one attached hydrogen (secondary N) is 1. The lowest BCUT2D eigenvalue weighted by Crippen LogP contribution is -2.27. The zero-order valence-corrected chi connectivity index (χ0v) is 19.4. The van der Waals surface area contributed by atoms with Gasteiger partial charge in [0, 0.05) is 25.1 Å². The summed E-state index contributed by atoms with van der Waals surface area (Å²) < 4.78 is 2.27. The molecule has 0 atom stereocenters. The lowest BCUT2D eigenvalue weighted by atomic mass is 10.0. The van der Waals surface area contributed by atoms with E-state index in [4.69, 9.17) is 4.98 Å². The Bertz CT molecular complexity index is 1240. The Hall–Kier alpha value is -3.40. The summed E-state index contributed by atoms with van der Waals surface area (Å²) in [5.74, 6) is 1.48. The highest BCUT2D eigenvalue weighted by Crippen LogP contribution is 2.20. The Kier molecular flexibility index (Phi) is 6.40. The molecule has 0 saturated carbocycles. The van der Waals surface area contributed by atoms with E-state index in [0.29, 0.717) is 18.9 Å². The zero-order valence-electron chi connectivity index (χ0n) is 19.4. The normalized spacial score (nSPS) is 11.3. The molecule has 0 unspecified atom stereocenters. The lowest BCUT2D eigenvalue weighted by Gasteiger charge is -2.12. The number of carbonyl (C=O) groups is 1. The van der Waals surface area contributed by atoms with Crippen LogP contribution in [0.4, 0.5) is 0 Å². The largest absolute Gasteiger partial charge is 0.352 e. The number of hydrogen-bond donors (Lipinski definition) is 1. The molecule has 4 rings (SSSR count). The Morgan fingerprint density at radius 3 is 2.47 bits per heavy atom. The van der Waals surface area contributed by atoms with Gasteiger partial charge in [-0.1, -0.05) is 67.9 Å². The van der Waals surface area contributed by atoms with Crippen molar-refractivity contribution in [1.82, 2.24) is 14.9 Å². The van der Waals surface area contributed by atoms with Crippen molar-refractivity contribution < 1.29 is 4.79 Å². The van der Waals surface area contributed by atoms with Gasteiger partial charge in [0.2, 0.25) is 0 Å². The standard InChI is InChI=1S/C28H31N3O/c1-19(2)23-12-10-22(11-13-23)18-31-26-8-6-5-7-25(26)30-27(31)15-16-29-28(32)24-14-9-20(3)17-21(24)4/h5-14,17,19H,15-16,18H2,1-4H3,(H,29,32). The summed E-state index contributed by atoms with van der Waals surface area (Å²) in [6, 6.07) is 23.0. The first-order valence-electron chi connectivity index (χ1n) is 11.3. The number of para-hydroxylation sites is 2. The van der Waals surface area contributed by atoms with Crippen LogP contribution >= 0.6 is 0 Å². The molecule has 164 valence electrons.